The summed E-state index contributed by atoms with van der Waals surface area (Å²) in [6.07, 6.45) is 1.15. The Bertz CT molecular complexity index is 469. The number of aliphatic hydroxyl groups excluding tert-OH is 1. The number of aromatic amines is 1. The maximum Gasteiger partial charge on any atom is 0.226 e. The average Bonchev–Trinajstić information content (AvgIpc) is 2.61. The molecular formula is C8H10ClN5O. The third-order valence-electron chi connectivity index (χ3n) is 1.85. The van der Waals surface area contributed by atoms with Crippen molar-refractivity contribution >= 4 is 28.5 Å². The van der Waals surface area contributed by atoms with Crippen molar-refractivity contribution in [3.05, 3.63) is 11.5 Å². The van der Waals surface area contributed by atoms with E-state index in [2.05, 4.69) is 25.5 Å². The molecule has 15 heavy (non-hydrogen) atoms. The molecule has 6 nitrogen and oxygen atoms in total. The van der Waals surface area contributed by atoms with E-state index in [1.54, 1.807) is 13.1 Å². The van der Waals surface area contributed by atoms with Gasteiger partial charge in [0, 0.05) is 6.54 Å². The molecule has 2 heterocycles. The standard InChI is InChI=1S/C8H10ClN5O/c1-4(15)2-10-6-5-3-11-14-7(5)13-8(9)12-6/h3-4,15H,2H2,1H3,(H2,10,11,12,13,14). The summed E-state index contributed by atoms with van der Waals surface area (Å²) in [5.74, 6) is 0.569. The highest BCUT2D eigenvalue weighted by Crippen LogP contribution is 2.19. The number of fused-ring (bicyclic) bond motifs is 1. The molecule has 1 atom stereocenters. The highest BCUT2D eigenvalue weighted by Gasteiger charge is 2.08. The molecule has 0 aliphatic carbocycles. The van der Waals surface area contributed by atoms with Crippen LogP contribution in [-0.2, 0) is 0 Å². The molecule has 0 saturated carbocycles. The minimum atomic E-state index is -0.458. The predicted octanol–water partition coefficient (Wildman–Crippen LogP) is 0.799. The van der Waals surface area contributed by atoms with Gasteiger partial charge in [0.05, 0.1) is 17.7 Å². The molecule has 0 saturated heterocycles. The zero-order chi connectivity index (χ0) is 10.8. The molecule has 0 aliphatic heterocycles. The topological polar surface area (TPSA) is 86.7 Å². The van der Waals surface area contributed by atoms with E-state index in [4.69, 9.17) is 16.7 Å². The summed E-state index contributed by atoms with van der Waals surface area (Å²) >= 11 is 5.72. The van der Waals surface area contributed by atoms with Gasteiger partial charge < -0.3 is 10.4 Å². The van der Waals surface area contributed by atoms with Crippen molar-refractivity contribution in [2.75, 3.05) is 11.9 Å². The Kier molecular flexibility index (Phi) is 2.70. The zero-order valence-corrected chi connectivity index (χ0v) is 8.78. The number of H-pyrrole nitrogens is 1. The van der Waals surface area contributed by atoms with Crippen LogP contribution in [0, 0.1) is 0 Å². The molecule has 1 unspecified atom stereocenters. The normalized spacial score (nSPS) is 13.0. The van der Waals surface area contributed by atoms with Crippen molar-refractivity contribution in [1.82, 2.24) is 20.2 Å². The number of nitrogens with zero attached hydrogens (tertiary/aromatic N) is 3. The van der Waals surface area contributed by atoms with Gasteiger partial charge in [-0.1, -0.05) is 0 Å². The van der Waals surface area contributed by atoms with Crippen molar-refractivity contribution in [2.24, 2.45) is 0 Å². The number of rotatable bonds is 3. The minimum absolute atomic E-state index is 0.139. The molecule has 7 heteroatoms. The van der Waals surface area contributed by atoms with E-state index in [0.29, 0.717) is 18.0 Å². The Labute approximate surface area is 90.7 Å². The van der Waals surface area contributed by atoms with Gasteiger partial charge in [0.25, 0.3) is 0 Å². The fourth-order valence-corrected chi connectivity index (χ4v) is 1.36. The van der Waals surface area contributed by atoms with Crippen LogP contribution in [0.15, 0.2) is 6.20 Å². The number of anilines is 1. The lowest BCUT2D eigenvalue weighted by atomic mass is 10.3. The van der Waals surface area contributed by atoms with E-state index in [0.717, 1.165) is 5.39 Å². The number of aromatic nitrogens is 4. The molecule has 0 radical (unpaired) electrons. The highest BCUT2D eigenvalue weighted by molar-refractivity contribution is 6.28. The monoisotopic (exact) mass is 227 g/mol. The summed E-state index contributed by atoms with van der Waals surface area (Å²) in [4.78, 5) is 7.97. The fourth-order valence-electron chi connectivity index (χ4n) is 1.19. The quantitative estimate of drug-likeness (QED) is 0.676. The molecule has 0 aliphatic rings. The van der Waals surface area contributed by atoms with E-state index in [1.165, 1.54) is 0 Å². The molecule has 3 N–H and O–H groups in total. The van der Waals surface area contributed by atoms with E-state index < -0.39 is 6.10 Å². The lowest BCUT2D eigenvalue weighted by Crippen LogP contribution is -2.16. The lowest BCUT2D eigenvalue weighted by Gasteiger charge is -2.07. The molecule has 0 spiro atoms. The minimum Gasteiger partial charge on any atom is -0.392 e. The largest absolute Gasteiger partial charge is 0.392 e. The van der Waals surface area contributed by atoms with Crippen LogP contribution in [0.4, 0.5) is 5.82 Å². The van der Waals surface area contributed by atoms with Gasteiger partial charge in [-0.05, 0) is 18.5 Å². The van der Waals surface area contributed by atoms with Crippen LogP contribution >= 0.6 is 11.6 Å². The van der Waals surface area contributed by atoms with Gasteiger partial charge in [-0.15, -0.1) is 0 Å². The van der Waals surface area contributed by atoms with Crippen LogP contribution in [0.3, 0.4) is 0 Å². The van der Waals surface area contributed by atoms with Crippen LogP contribution in [0.5, 0.6) is 0 Å². The van der Waals surface area contributed by atoms with Gasteiger partial charge in [0.15, 0.2) is 5.65 Å². The van der Waals surface area contributed by atoms with Crippen molar-refractivity contribution < 1.29 is 5.11 Å². The summed E-state index contributed by atoms with van der Waals surface area (Å²) in [6, 6.07) is 0. The summed E-state index contributed by atoms with van der Waals surface area (Å²) in [6.45, 7) is 2.08. The van der Waals surface area contributed by atoms with Crippen molar-refractivity contribution in [2.45, 2.75) is 13.0 Å². The smallest absolute Gasteiger partial charge is 0.226 e. The average molecular weight is 228 g/mol. The van der Waals surface area contributed by atoms with Gasteiger partial charge in [0.2, 0.25) is 5.28 Å². The maximum atomic E-state index is 9.14. The molecule has 0 bridgehead atoms. The predicted molar refractivity (Wildman–Crippen MR) is 56.9 cm³/mol. The SMILES string of the molecule is CC(O)CNc1nc(Cl)nc2[nH]ncc12. The first-order valence-corrected chi connectivity index (χ1v) is 4.83. The molecule has 80 valence electrons. The van der Waals surface area contributed by atoms with Crippen molar-refractivity contribution in [3.63, 3.8) is 0 Å². The van der Waals surface area contributed by atoms with E-state index >= 15 is 0 Å². The molecule has 0 amide bonds. The summed E-state index contributed by atoms with van der Waals surface area (Å²) in [7, 11) is 0. The Morgan fingerprint density at radius 1 is 1.60 bits per heavy atom. The van der Waals surface area contributed by atoms with Crippen LogP contribution in [0.1, 0.15) is 6.92 Å². The lowest BCUT2D eigenvalue weighted by molar-refractivity contribution is 0.208. The molecule has 2 aromatic heterocycles. The van der Waals surface area contributed by atoms with Crippen LogP contribution in [0.2, 0.25) is 5.28 Å². The van der Waals surface area contributed by atoms with E-state index in [1.807, 2.05) is 0 Å². The Morgan fingerprint density at radius 2 is 2.40 bits per heavy atom. The van der Waals surface area contributed by atoms with Gasteiger partial charge in [-0.3, -0.25) is 5.10 Å². The number of hydrogen-bond acceptors (Lipinski definition) is 5. The van der Waals surface area contributed by atoms with Crippen LogP contribution in [-0.4, -0.2) is 37.9 Å². The molecule has 2 rings (SSSR count). The first kappa shape index (κ1) is 10.1. The van der Waals surface area contributed by atoms with Crippen LogP contribution < -0.4 is 5.32 Å². The second-order valence-corrected chi connectivity index (χ2v) is 3.54. The number of halogens is 1. The first-order chi connectivity index (χ1) is 7.16. The molecule has 0 aromatic carbocycles. The van der Waals surface area contributed by atoms with E-state index in [-0.39, 0.29) is 5.28 Å². The second kappa shape index (κ2) is 4.00. The van der Waals surface area contributed by atoms with Gasteiger partial charge in [-0.25, -0.2) is 0 Å². The second-order valence-electron chi connectivity index (χ2n) is 3.20. The third-order valence-corrected chi connectivity index (χ3v) is 2.02. The highest BCUT2D eigenvalue weighted by atomic mass is 35.5. The Hall–Kier alpha value is -1.40. The maximum absolute atomic E-state index is 9.14. The first-order valence-electron chi connectivity index (χ1n) is 4.45. The zero-order valence-electron chi connectivity index (χ0n) is 8.03. The summed E-state index contributed by atoms with van der Waals surface area (Å²) in [5.41, 5.74) is 0.572. The van der Waals surface area contributed by atoms with Gasteiger partial charge >= 0.3 is 0 Å². The number of hydrogen-bond donors (Lipinski definition) is 3. The van der Waals surface area contributed by atoms with Gasteiger partial charge in [-0.2, -0.15) is 15.1 Å². The van der Waals surface area contributed by atoms with Crippen LogP contribution in [0.25, 0.3) is 11.0 Å². The summed E-state index contributed by atoms with van der Waals surface area (Å²) < 4.78 is 0. The molecule has 0 fully saturated rings. The van der Waals surface area contributed by atoms with Gasteiger partial charge in [0.1, 0.15) is 5.82 Å². The van der Waals surface area contributed by atoms with Crippen molar-refractivity contribution in [3.8, 4) is 0 Å². The van der Waals surface area contributed by atoms with Crippen molar-refractivity contribution in [1.29, 1.82) is 0 Å². The summed E-state index contributed by atoms with van der Waals surface area (Å²) in [5, 5.41) is 19.5. The Balaban J connectivity index is 2.35. The molecular weight excluding hydrogens is 218 g/mol. The number of aliphatic hydroxyl groups is 1. The van der Waals surface area contributed by atoms with E-state index in [9.17, 15) is 0 Å². The fraction of sp³-hybridized carbons (Fsp3) is 0.375. The third kappa shape index (κ3) is 2.16. The molecule has 2 aromatic rings. The number of nitrogens with one attached hydrogen (secondary N) is 2. The Morgan fingerprint density at radius 3 is 3.13 bits per heavy atom.